The quantitative estimate of drug-likeness (QED) is 0.153. The lowest BCUT2D eigenvalue weighted by atomic mass is 9.97. The minimum absolute atomic E-state index is 0.612. The number of hydrogen-bond donors (Lipinski definition) is 0. The number of aromatic nitrogens is 4. The second-order valence-electron chi connectivity index (χ2n) is 16.4. The molecule has 0 saturated heterocycles. The van der Waals surface area contributed by atoms with Crippen molar-refractivity contribution in [1.82, 2.24) is 19.5 Å². The first-order valence-electron chi connectivity index (χ1n) is 22.0. The standard InChI is InChI=1S/C61H40N4/c1-2-15-41(16-3-1)45-19-10-20-46(37-45)42-33-35-44(36-34-42)59-62-60(64-61(63-59)51-25-12-23-49(39-51)54-30-14-18-43-17-4-5-27-53(43)54)50-24-11-21-47(38-50)48-22-13-26-52(40-48)65-57-31-8-6-28-55(57)56-29-7-9-32-58(56)65/h1-40H. The van der Waals surface area contributed by atoms with E-state index in [4.69, 9.17) is 15.0 Å². The van der Waals surface area contributed by atoms with E-state index in [0.717, 1.165) is 50.2 Å². The molecule has 0 aliphatic carbocycles. The summed E-state index contributed by atoms with van der Waals surface area (Å²) in [5.74, 6) is 1.84. The molecule has 10 aromatic carbocycles. The van der Waals surface area contributed by atoms with E-state index in [1.54, 1.807) is 0 Å². The summed E-state index contributed by atoms with van der Waals surface area (Å²) in [6.07, 6.45) is 0. The van der Waals surface area contributed by atoms with E-state index in [1.807, 2.05) is 0 Å². The van der Waals surface area contributed by atoms with Crippen molar-refractivity contribution in [3.63, 3.8) is 0 Å². The lowest BCUT2D eigenvalue weighted by Crippen LogP contribution is -2.00. The molecule has 0 spiro atoms. The summed E-state index contributed by atoms with van der Waals surface area (Å²) >= 11 is 0. The minimum Gasteiger partial charge on any atom is -0.309 e. The zero-order valence-corrected chi connectivity index (χ0v) is 35.4. The van der Waals surface area contributed by atoms with Crippen molar-refractivity contribution in [2.24, 2.45) is 0 Å². The van der Waals surface area contributed by atoms with E-state index < -0.39 is 0 Å². The van der Waals surface area contributed by atoms with Crippen LogP contribution in [0.25, 0.3) is 117 Å². The highest BCUT2D eigenvalue weighted by atomic mass is 15.0. The summed E-state index contributed by atoms with van der Waals surface area (Å²) in [5, 5.41) is 4.89. The van der Waals surface area contributed by atoms with Crippen molar-refractivity contribution < 1.29 is 0 Å². The summed E-state index contributed by atoms with van der Waals surface area (Å²) < 4.78 is 2.36. The highest BCUT2D eigenvalue weighted by Gasteiger charge is 2.16. The van der Waals surface area contributed by atoms with Gasteiger partial charge in [0.2, 0.25) is 0 Å². The molecular formula is C61H40N4. The fourth-order valence-corrected chi connectivity index (χ4v) is 9.25. The predicted octanol–water partition coefficient (Wildman–Crippen LogP) is 15.8. The van der Waals surface area contributed by atoms with Crippen LogP contribution in [0.1, 0.15) is 0 Å². The van der Waals surface area contributed by atoms with Crippen LogP contribution in [-0.4, -0.2) is 19.5 Å². The van der Waals surface area contributed by atoms with Crippen LogP contribution in [0.15, 0.2) is 243 Å². The fourth-order valence-electron chi connectivity index (χ4n) is 9.25. The molecule has 0 N–H and O–H groups in total. The van der Waals surface area contributed by atoms with E-state index in [1.165, 1.54) is 49.3 Å². The average molecular weight is 829 g/mol. The summed E-state index contributed by atoms with van der Waals surface area (Å²) in [6.45, 7) is 0. The maximum atomic E-state index is 5.24. The second kappa shape index (κ2) is 16.2. The van der Waals surface area contributed by atoms with Gasteiger partial charge in [-0.3, -0.25) is 0 Å². The predicted molar refractivity (Wildman–Crippen MR) is 270 cm³/mol. The third-order valence-corrected chi connectivity index (χ3v) is 12.4. The molecule has 4 nitrogen and oxygen atoms in total. The van der Waals surface area contributed by atoms with Crippen molar-refractivity contribution >= 4 is 32.6 Å². The Bertz CT molecular complexity index is 3660. The van der Waals surface area contributed by atoms with Gasteiger partial charge in [-0.1, -0.05) is 200 Å². The van der Waals surface area contributed by atoms with Gasteiger partial charge in [0.15, 0.2) is 17.5 Å². The van der Waals surface area contributed by atoms with Gasteiger partial charge in [0, 0.05) is 33.2 Å². The van der Waals surface area contributed by atoms with Crippen LogP contribution in [0.4, 0.5) is 0 Å². The van der Waals surface area contributed by atoms with Gasteiger partial charge in [-0.15, -0.1) is 0 Å². The molecule has 12 rings (SSSR count). The van der Waals surface area contributed by atoms with Crippen molar-refractivity contribution in [3.05, 3.63) is 243 Å². The lowest BCUT2D eigenvalue weighted by Gasteiger charge is -2.13. The summed E-state index contributed by atoms with van der Waals surface area (Å²) in [6, 6.07) is 85.9. The van der Waals surface area contributed by atoms with E-state index in [-0.39, 0.29) is 0 Å². The third kappa shape index (κ3) is 7.13. The molecule has 4 heteroatoms. The van der Waals surface area contributed by atoms with Gasteiger partial charge in [0.1, 0.15) is 0 Å². The Balaban J connectivity index is 0.959. The Kier molecular flexibility index (Phi) is 9.46. The lowest BCUT2D eigenvalue weighted by molar-refractivity contribution is 1.07. The van der Waals surface area contributed by atoms with Crippen molar-refractivity contribution in [2.45, 2.75) is 0 Å². The summed E-state index contributed by atoms with van der Waals surface area (Å²) in [5.41, 5.74) is 15.3. The number of benzene rings is 10. The van der Waals surface area contributed by atoms with E-state index in [0.29, 0.717) is 17.5 Å². The van der Waals surface area contributed by atoms with Crippen molar-refractivity contribution in [2.75, 3.05) is 0 Å². The highest BCUT2D eigenvalue weighted by molar-refractivity contribution is 6.09. The average Bonchev–Trinajstić information content (AvgIpc) is 3.73. The van der Waals surface area contributed by atoms with Crippen LogP contribution >= 0.6 is 0 Å². The van der Waals surface area contributed by atoms with Gasteiger partial charge >= 0.3 is 0 Å². The third-order valence-electron chi connectivity index (χ3n) is 12.4. The Morgan fingerprint density at radius 2 is 0.646 bits per heavy atom. The second-order valence-corrected chi connectivity index (χ2v) is 16.4. The molecule has 0 fully saturated rings. The highest BCUT2D eigenvalue weighted by Crippen LogP contribution is 2.36. The Morgan fingerprint density at radius 3 is 1.31 bits per heavy atom. The largest absolute Gasteiger partial charge is 0.309 e. The monoisotopic (exact) mass is 828 g/mol. The first kappa shape index (κ1) is 38.0. The molecular weight excluding hydrogens is 789 g/mol. The maximum Gasteiger partial charge on any atom is 0.164 e. The van der Waals surface area contributed by atoms with Crippen molar-refractivity contribution in [3.8, 4) is 84.4 Å². The normalized spacial score (nSPS) is 11.4. The molecule has 2 aromatic heterocycles. The Labute approximate surface area is 377 Å². The first-order valence-corrected chi connectivity index (χ1v) is 22.0. The number of nitrogens with zero attached hydrogens (tertiary/aromatic N) is 4. The minimum atomic E-state index is 0.612. The van der Waals surface area contributed by atoms with Gasteiger partial charge in [0.25, 0.3) is 0 Å². The zero-order valence-electron chi connectivity index (χ0n) is 35.4. The van der Waals surface area contributed by atoms with Crippen LogP contribution in [0.5, 0.6) is 0 Å². The number of hydrogen-bond acceptors (Lipinski definition) is 3. The molecule has 0 radical (unpaired) electrons. The summed E-state index contributed by atoms with van der Waals surface area (Å²) in [4.78, 5) is 15.6. The van der Waals surface area contributed by atoms with Gasteiger partial charge in [-0.25, -0.2) is 15.0 Å². The molecule has 0 saturated carbocycles. The molecule has 304 valence electrons. The smallest absolute Gasteiger partial charge is 0.164 e. The fraction of sp³-hybridized carbons (Fsp3) is 0. The van der Waals surface area contributed by atoms with Gasteiger partial charge in [-0.05, 0) is 97.7 Å². The molecule has 65 heavy (non-hydrogen) atoms. The molecule has 12 aromatic rings. The summed E-state index contributed by atoms with van der Waals surface area (Å²) in [7, 11) is 0. The molecule has 0 aliphatic heterocycles. The molecule has 0 bridgehead atoms. The molecule has 0 amide bonds. The zero-order chi connectivity index (χ0) is 43.1. The number of para-hydroxylation sites is 2. The van der Waals surface area contributed by atoms with Gasteiger partial charge in [-0.2, -0.15) is 0 Å². The van der Waals surface area contributed by atoms with Crippen LogP contribution < -0.4 is 0 Å². The molecule has 0 unspecified atom stereocenters. The van der Waals surface area contributed by atoms with Gasteiger partial charge < -0.3 is 4.57 Å². The topological polar surface area (TPSA) is 43.6 Å². The number of fused-ring (bicyclic) bond motifs is 4. The van der Waals surface area contributed by atoms with Gasteiger partial charge in [0.05, 0.1) is 11.0 Å². The maximum absolute atomic E-state index is 5.24. The SMILES string of the molecule is c1ccc(-c2cccc(-c3ccc(-c4nc(-c5cccc(-c6cccc(-n7c8ccccc8c8ccccc87)c6)c5)nc(-c5cccc(-c6cccc7ccccc67)c5)n4)cc3)c2)cc1. The molecule has 0 aliphatic rings. The Morgan fingerprint density at radius 1 is 0.246 bits per heavy atom. The van der Waals surface area contributed by atoms with E-state index >= 15 is 0 Å². The first-order chi connectivity index (χ1) is 32.2. The van der Waals surface area contributed by atoms with E-state index in [2.05, 4.69) is 247 Å². The molecule has 2 heterocycles. The van der Waals surface area contributed by atoms with Crippen LogP contribution in [-0.2, 0) is 0 Å². The number of rotatable bonds is 8. The van der Waals surface area contributed by atoms with Crippen molar-refractivity contribution in [1.29, 1.82) is 0 Å². The van der Waals surface area contributed by atoms with E-state index in [9.17, 15) is 0 Å². The Hall–Kier alpha value is -8.73. The van der Waals surface area contributed by atoms with Crippen LogP contribution in [0.2, 0.25) is 0 Å². The van der Waals surface area contributed by atoms with Crippen LogP contribution in [0, 0.1) is 0 Å². The van der Waals surface area contributed by atoms with Crippen LogP contribution in [0.3, 0.4) is 0 Å². The molecule has 0 atom stereocenters.